The van der Waals surface area contributed by atoms with Crippen LogP contribution in [0, 0.1) is 6.92 Å². The van der Waals surface area contributed by atoms with Crippen molar-refractivity contribution in [2.45, 2.75) is 13.0 Å². The first-order valence-electron chi connectivity index (χ1n) is 10.7. The minimum atomic E-state index is -0.943. The van der Waals surface area contributed by atoms with Crippen LogP contribution in [0.15, 0.2) is 41.3 Å². The van der Waals surface area contributed by atoms with Gasteiger partial charge in [0.1, 0.15) is 16.8 Å². The number of anilines is 1. The second-order valence-electron chi connectivity index (χ2n) is 8.04. The molecule has 1 fully saturated rings. The van der Waals surface area contributed by atoms with Crippen LogP contribution in [-0.4, -0.2) is 36.0 Å². The number of Topliss-reactive ketones (excluding diaryl/α,β-unsaturated/α-hetero) is 1. The number of ether oxygens (including phenoxy) is 2. The fraction of sp³-hybridized carbons (Fsp3) is 0.160. The van der Waals surface area contributed by atoms with E-state index in [2.05, 4.69) is 4.98 Å². The van der Waals surface area contributed by atoms with E-state index in [0.29, 0.717) is 20.5 Å². The highest BCUT2D eigenvalue weighted by Crippen LogP contribution is 2.49. The maximum atomic E-state index is 13.4. The van der Waals surface area contributed by atoms with Crippen molar-refractivity contribution >= 4 is 90.3 Å². The number of thiazole rings is 1. The Labute approximate surface area is 234 Å². The summed E-state index contributed by atoms with van der Waals surface area (Å²) in [5.74, 6) is -2.00. The van der Waals surface area contributed by atoms with Crippen molar-refractivity contribution in [1.82, 2.24) is 4.98 Å². The van der Waals surface area contributed by atoms with Gasteiger partial charge >= 0.3 is 5.91 Å². The molecule has 4 aromatic rings. The van der Waals surface area contributed by atoms with Gasteiger partial charge in [-0.2, -0.15) is 0 Å². The number of halogens is 3. The number of aliphatic hydroxyl groups is 1. The Morgan fingerprint density at radius 2 is 1.81 bits per heavy atom. The summed E-state index contributed by atoms with van der Waals surface area (Å²) in [6.07, 6.45) is 0. The Morgan fingerprint density at radius 3 is 2.46 bits per heavy atom. The van der Waals surface area contributed by atoms with Crippen molar-refractivity contribution in [3.05, 3.63) is 72.4 Å². The van der Waals surface area contributed by atoms with E-state index in [9.17, 15) is 14.7 Å². The summed E-state index contributed by atoms with van der Waals surface area (Å²) in [7, 11) is 2.75. The van der Waals surface area contributed by atoms with Crippen molar-refractivity contribution in [3.63, 3.8) is 0 Å². The summed E-state index contributed by atoms with van der Waals surface area (Å²) in [5.41, 5.74) is 1.36. The number of thiophene rings is 1. The first-order chi connectivity index (χ1) is 17.7. The lowest BCUT2D eigenvalue weighted by molar-refractivity contribution is -0.132. The minimum absolute atomic E-state index is 0.0133. The minimum Gasteiger partial charge on any atom is -0.507 e. The van der Waals surface area contributed by atoms with E-state index in [-0.39, 0.29) is 32.7 Å². The molecule has 12 heteroatoms. The second-order valence-corrected chi connectivity index (χ2v) is 11.2. The largest absolute Gasteiger partial charge is 0.507 e. The second kappa shape index (κ2) is 9.81. The van der Waals surface area contributed by atoms with E-state index >= 15 is 0 Å². The van der Waals surface area contributed by atoms with Crippen LogP contribution < -0.4 is 14.4 Å². The highest BCUT2D eigenvalue weighted by molar-refractivity contribution is 7.22. The summed E-state index contributed by atoms with van der Waals surface area (Å²) in [6, 6.07) is 7.60. The summed E-state index contributed by atoms with van der Waals surface area (Å²) >= 11 is 21.6. The van der Waals surface area contributed by atoms with Gasteiger partial charge in [-0.3, -0.25) is 14.5 Å². The number of rotatable bonds is 5. The van der Waals surface area contributed by atoms with Crippen molar-refractivity contribution in [1.29, 1.82) is 0 Å². The molecule has 1 aliphatic heterocycles. The van der Waals surface area contributed by atoms with Crippen LogP contribution in [0.25, 0.3) is 16.0 Å². The molecule has 1 saturated heterocycles. The van der Waals surface area contributed by atoms with Crippen LogP contribution in [0.1, 0.15) is 22.0 Å². The van der Waals surface area contributed by atoms with Crippen LogP contribution in [0.2, 0.25) is 15.1 Å². The number of benzene rings is 2. The number of carbonyl (C=O) groups is 2. The molecular weight excluding hydrogens is 579 g/mol. The topological polar surface area (TPSA) is 89.0 Å². The van der Waals surface area contributed by atoms with Gasteiger partial charge < -0.3 is 14.6 Å². The Bertz CT molecular complexity index is 1580. The van der Waals surface area contributed by atoms with Gasteiger partial charge in [0, 0.05) is 9.90 Å². The first-order valence-corrected chi connectivity index (χ1v) is 13.5. The highest BCUT2D eigenvalue weighted by atomic mass is 35.5. The van der Waals surface area contributed by atoms with E-state index in [1.807, 2.05) is 18.4 Å². The van der Waals surface area contributed by atoms with Crippen molar-refractivity contribution in [3.8, 4) is 11.5 Å². The van der Waals surface area contributed by atoms with Gasteiger partial charge in [-0.15, -0.1) is 11.3 Å². The van der Waals surface area contributed by atoms with Crippen molar-refractivity contribution < 1.29 is 24.2 Å². The SMILES string of the molecule is COc1c(Cl)cc(/C(O)=C2\C(=O)C(=O)N(c3nc4cc(Cl)c(C)cc4s3)C2c2cccs2)c(OC)c1Cl. The molecule has 1 atom stereocenters. The lowest BCUT2D eigenvalue weighted by atomic mass is 9.99. The number of aliphatic hydroxyl groups excluding tert-OH is 1. The average molecular weight is 596 g/mol. The van der Waals surface area contributed by atoms with Crippen LogP contribution in [0.4, 0.5) is 5.13 Å². The maximum Gasteiger partial charge on any atom is 0.301 e. The number of amides is 1. The predicted molar refractivity (Wildman–Crippen MR) is 148 cm³/mol. The number of nitrogens with zero attached hydrogens (tertiary/aromatic N) is 2. The number of carbonyl (C=O) groups excluding carboxylic acids is 2. The smallest absolute Gasteiger partial charge is 0.301 e. The molecular formula is C25H17Cl3N2O5S2. The van der Waals surface area contributed by atoms with Gasteiger partial charge in [0.05, 0.1) is 40.6 Å². The molecule has 0 saturated carbocycles. The molecule has 190 valence electrons. The lowest BCUT2D eigenvalue weighted by Crippen LogP contribution is -2.28. The number of ketones is 1. The Balaban J connectivity index is 1.75. The predicted octanol–water partition coefficient (Wildman–Crippen LogP) is 7.27. The molecule has 2 aromatic carbocycles. The Hall–Kier alpha value is -2.82. The molecule has 7 nitrogen and oxygen atoms in total. The van der Waals surface area contributed by atoms with Crippen LogP contribution >= 0.6 is 57.5 Å². The van der Waals surface area contributed by atoms with E-state index in [0.717, 1.165) is 10.3 Å². The molecule has 0 bridgehead atoms. The fourth-order valence-electron chi connectivity index (χ4n) is 4.18. The van der Waals surface area contributed by atoms with Crippen molar-refractivity contribution in [2.24, 2.45) is 0 Å². The summed E-state index contributed by atoms with van der Waals surface area (Å²) in [5, 5.41) is 14.3. The molecule has 37 heavy (non-hydrogen) atoms. The maximum absolute atomic E-state index is 13.4. The third kappa shape index (κ3) is 4.15. The molecule has 1 aliphatic rings. The number of aryl methyl sites for hydroxylation is 1. The molecule has 1 N–H and O–H groups in total. The van der Waals surface area contributed by atoms with Crippen molar-refractivity contribution in [2.75, 3.05) is 19.1 Å². The molecule has 0 aliphatic carbocycles. The van der Waals surface area contributed by atoms with Gasteiger partial charge in [0.25, 0.3) is 5.78 Å². The summed E-state index contributed by atoms with van der Waals surface area (Å²) in [6.45, 7) is 1.87. The van der Waals surface area contributed by atoms with Gasteiger partial charge in [-0.1, -0.05) is 52.2 Å². The van der Waals surface area contributed by atoms with Crippen LogP contribution in [0.5, 0.6) is 11.5 Å². The van der Waals surface area contributed by atoms with Gasteiger partial charge in [-0.25, -0.2) is 4.98 Å². The molecule has 0 spiro atoms. The normalized spacial score (nSPS) is 17.1. The molecule has 0 radical (unpaired) electrons. The summed E-state index contributed by atoms with van der Waals surface area (Å²) < 4.78 is 11.5. The average Bonchev–Trinajstić information content (AvgIpc) is 3.58. The monoisotopic (exact) mass is 594 g/mol. The molecule has 2 aromatic heterocycles. The highest BCUT2D eigenvalue weighted by Gasteiger charge is 2.49. The standard InChI is InChI=1S/C25H17Cl3N2O5S2/c1-10-7-16-14(9-12(10)26)29-25(37-16)30-19(15-5-4-6-36-15)17(21(32)24(30)33)20(31)11-8-13(27)23(35-3)18(28)22(11)34-2/h4-9,19,31H,1-3H3/b20-17+. The zero-order valence-corrected chi connectivity index (χ0v) is 23.4. The first kappa shape index (κ1) is 25.8. The number of hydrogen-bond donors (Lipinski definition) is 1. The summed E-state index contributed by atoms with van der Waals surface area (Å²) in [4.78, 5) is 33.4. The third-order valence-electron chi connectivity index (χ3n) is 5.92. The van der Waals surface area contributed by atoms with E-state index in [1.54, 1.807) is 18.2 Å². The number of aromatic nitrogens is 1. The third-order valence-corrected chi connectivity index (χ3v) is 8.89. The Morgan fingerprint density at radius 1 is 1.08 bits per heavy atom. The molecule has 3 heterocycles. The van der Waals surface area contributed by atoms with E-state index < -0.39 is 23.5 Å². The van der Waals surface area contributed by atoms with Gasteiger partial charge in [0.2, 0.25) is 0 Å². The molecule has 5 rings (SSSR count). The van der Waals surface area contributed by atoms with Gasteiger partial charge in [0.15, 0.2) is 16.6 Å². The lowest BCUT2D eigenvalue weighted by Gasteiger charge is -2.22. The number of methoxy groups -OCH3 is 2. The number of hydrogen-bond acceptors (Lipinski definition) is 8. The van der Waals surface area contributed by atoms with Gasteiger partial charge in [-0.05, 0) is 42.1 Å². The quantitative estimate of drug-likeness (QED) is 0.148. The van der Waals surface area contributed by atoms with Crippen LogP contribution in [0.3, 0.4) is 0 Å². The van der Waals surface area contributed by atoms with E-state index in [1.165, 1.54) is 47.9 Å². The number of fused-ring (bicyclic) bond motifs is 1. The fourth-order valence-corrected chi connectivity index (χ4v) is 6.92. The zero-order chi connectivity index (χ0) is 26.6. The zero-order valence-electron chi connectivity index (χ0n) is 19.5. The molecule has 1 amide bonds. The van der Waals surface area contributed by atoms with Crippen LogP contribution in [-0.2, 0) is 9.59 Å². The Kier molecular flexibility index (Phi) is 6.84. The molecule has 1 unspecified atom stereocenters. The van der Waals surface area contributed by atoms with E-state index in [4.69, 9.17) is 44.3 Å².